The Hall–Kier alpha value is -2.94. The van der Waals surface area contributed by atoms with Crippen LogP contribution in [0, 0.1) is 6.92 Å². The molecule has 2 aliphatic rings. The highest BCUT2D eigenvalue weighted by Crippen LogP contribution is 2.41. The van der Waals surface area contributed by atoms with E-state index in [1.165, 1.54) is 23.3 Å². The molecule has 2 aromatic rings. The van der Waals surface area contributed by atoms with Crippen molar-refractivity contribution in [3.63, 3.8) is 0 Å². The summed E-state index contributed by atoms with van der Waals surface area (Å²) in [7, 11) is 0. The Morgan fingerprint density at radius 2 is 2.18 bits per heavy atom. The number of hydrogen-bond acceptors (Lipinski definition) is 11. The summed E-state index contributed by atoms with van der Waals surface area (Å²) in [5, 5.41) is 25.7. The average molecular weight is 527 g/mol. The van der Waals surface area contributed by atoms with E-state index >= 15 is 0 Å². The Morgan fingerprint density at radius 3 is 2.76 bits per heavy atom. The smallest absolute Gasteiger partial charge is 0.352 e. The molecule has 2 aliphatic heterocycles. The molecule has 1 saturated heterocycles. The minimum Gasteiger partial charge on any atom is -0.477 e. The average Bonchev–Trinajstić information content (AvgIpc) is 3.33. The highest BCUT2D eigenvalue weighted by atomic mass is 35.5. The summed E-state index contributed by atoms with van der Waals surface area (Å²) in [4.78, 5) is 42.4. The molecule has 0 aromatic carbocycles. The Bertz CT molecular complexity index is 1250. The standard InChI is InChI=1S/C18H15ClN6O5S3/c1-6-7(5-32-24-6)2-3-8-4-31-16-11(15(27)25(16)12(8)17(28)29)21-14(26)10(23-30)9-13(19)33-18(20)22-9/h2-3,5,11,16,30H,4H2,1H3,(H2,20,22)(H,21,26)(H,28,29)/b3-2+,23-10-/t11-,16-/m1/s1. The SMILES string of the molecule is Cc1nscc1/C=C/C1=C(C(=O)O)N2C(=O)[C@@H](NC(=O)/C(=N\O)c3nc(N)sc3Cl)[C@H]2SC1. The quantitative estimate of drug-likeness (QED) is 0.189. The zero-order valence-corrected chi connectivity index (χ0v) is 19.9. The Labute approximate surface area is 203 Å². The van der Waals surface area contributed by atoms with Gasteiger partial charge in [0.05, 0.1) is 5.69 Å². The lowest BCUT2D eigenvalue weighted by molar-refractivity contribution is -0.150. The molecule has 0 unspecified atom stereocenters. The van der Waals surface area contributed by atoms with E-state index in [-0.39, 0.29) is 20.9 Å². The Kier molecular flexibility index (Phi) is 6.43. The number of β-lactam (4-membered cyclic amide) rings is 1. The molecule has 172 valence electrons. The van der Waals surface area contributed by atoms with Crippen LogP contribution < -0.4 is 11.1 Å². The van der Waals surface area contributed by atoms with Crippen LogP contribution in [0.2, 0.25) is 4.34 Å². The van der Waals surface area contributed by atoms with Gasteiger partial charge in [0.2, 0.25) is 0 Å². The van der Waals surface area contributed by atoms with Gasteiger partial charge in [0.1, 0.15) is 27.1 Å². The minimum absolute atomic E-state index is 0.0487. The first-order valence-electron chi connectivity index (χ1n) is 9.18. The van der Waals surface area contributed by atoms with Gasteiger partial charge >= 0.3 is 5.97 Å². The first-order chi connectivity index (χ1) is 15.7. The lowest BCUT2D eigenvalue weighted by Crippen LogP contribution is -2.71. The van der Waals surface area contributed by atoms with Crippen molar-refractivity contribution in [1.82, 2.24) is 19.6 Å². The van der Waals surface area contributed by atoms with Crippen molar-refractivity contribution in [1.29, 1.82) is 0 Å². The largest absolute Gasteiger partial charge is 0.477 e. The van der Waals surface area contributed by atoms with E-state index in [1.54, 1.807) is 12.2 Å². The summed E-state index contributed by atoms with van der Waals surface area (Å²) >= 11 is 9.47. The van der Waals surface area contributed by atoms with E-state index < -0.39 is 34.9 Å². The van der Waals surface area contributed by atoms with Gasteiger partial charge in [-0.25, -0.2) is 9.78 Å². The molecule has 0 aliphatic carbocycles. The first-order valence-corrected chi connectivity index (χ1v) is 12.3. The van der Waals surface area contributed by atoms with Crippen molar-refractivity contribution >= 4 is 80.9 Å². The van der Waals surface area contributed by atoms with E-state index in [1.807, 2.05) is 12.3 Å². The Balaban J connectivity index is 1.54. The molecule has 0 bridgehead atoms. The minimum atomic E-state index is -1.25. The van der Waals surface area contributed by atoms with Gasteiger partial charge in [-0.3, -0.25) is 14.5 Å². The van der Waals surface area contributed by atoms with E-state index in [0.29, 0.717) is 11.3 Å². The number of nitrogen functional groups attached to an aromatic ring is 1. The number of halogens is 1. The zero-order valence-electron chi connectivity index (χ0n) is 16.7. The molecule has 11 nitrogen and oxygen atoms in total. The van der Waals surface area contributed by atoms with Gasteiger partial charge in [0.15, 0.2) is 10.8 Å². The number of aryl methyl sites for hydroxylation is 1. The summed E-state index contributed by atoms with van der Waals surface area (Å²) in [5.41, 5.74) is 6.95. The van der Waals surface area contributed by atoms with Crippen molar-refractivity contribution in [3.8, 4) is 0 Å². The maximum Gasteiger partial charge on any atom is 0.352 e. The molecule has 0 radical (unpaired) electrons. The predicted octanol–water partition coefficient (Wildman–Crippen LogP) is 1.77. The van der Waals surface area contributed by atoms with Crippen molar-refractivity contribution in [2.75, 3.05) is 11.5 Å². The van der Waals surface area contributed by atoms with Gasteiger partial charge in [-0.15, -0.1) is 11.8 Å². The number of fused-ring (bicyclic) bond motifs is 1. The Morgan fingerprint density at radius 1 is 1.42 bits per heavy atom. The fourth-order valence-electron chi connectivity index (χ4n) is 3.29. The number of thiazole rings is 1. The normalized spacial score (nSPS) is 20.7. The maximum atomic E-state index is 12.8. The molecular weight excluding hydrogens is 512 g/mol. The number of amides is 2. The van der Waals surface area contributed by atoms with Gasteiger partial charge in [-0.2, -0.15) is 4.37 Å². The molecule has 5 N–H and O–H groups in total. The van der Waals surface area contributed by atoms with Crippen LogP contribution in [0.4, 0.5) is 5.13 Å². The van der Waals surface area contributed by atoms with Crippen molar-refractivity contribution in [2.45, 2.75) is 18.3 Å². The topological polar surface area (TPSA) is 171 Å². The van der Waals surface area contributed by atoms with E-state index in [4.69, 9.17) is 17.3 Å². The van der Waals surface area contributed by atoms with Crippen LogP contribution in [0.15, 0.2) is 27.9 Å². The number of nitrogens with zero attached hydrogens (tertiary/aromatic N) is 4. The number of nitrogens with one attached hydrogen (secondary N) is 1. The number of aliphatic carboxylic acids is 1. The number of nitrogens with two attached hydrogens (primary N) is 1. The molecule has 2 amide bonds. The highest BCUT2D eigenvalue weighted by molar-refractivity contribution is 8.00. The van der Waals surface area contributed by atoms with Gasteiger partial charge in [0.25, 0.3) is 11.8 Å². The molecule has 0 saturated carbocycles. The third kappa shape index (κ3) is 4.21. The summed E-state index contributed by atoms with van der Waals surface area (Å²) in [5.74, 6) is -2.43. The molecular formula is C18H15ClN6O5S3. The number of oxime groups is 1. The van der Waals surface area contributed by atoms with Gasteiger partial charge in [0, 0.05) is 16.7 Å². The molecule has 4 rings (SSSR count). The van der Waals surface area contributed by atoms with Gasteiger partial charge in [-0.05, 0) is 24.0 Å². The number of aromatic nitrogens is 2. The summed E-state index contributed by atoms with van der Waals surface area (Å²) in [6, 6.07) is -1.02. The molecule has 15 heteroatoms. The van der Waals surface area contributed by atoms with Crippen LogP contribution in [0.1, 0.15) is 17.0 Å². The van der Waals surface area contributed by atoms with Crippen LogP contribution in [-0.2, 0) is 14.4 Å². The number of hydrogen-bond donors (Lipinski definition) is 4. The highest BCUT2D eigenvalue weighted by Gasteiger charge is 2.54. The monoisotopic (exact) mass is 526 g/mol. The second kappa shape index (κ2) is 9.13. The lowest BCUT2D eigenvalue weighted by Gasteiger charge is -2.49. The molecule has 2 atom stereocenters. The number of allylic oxidation sites excluding steroid dienone is 1. The van der Waals surface area contributed by atoms with Crippen LogP contribution in [0.5, 0.6) is 0 Å². The summed E-state index contributed by atoms with van der Waals surface area (Å²) in [6.45, 7) is 1.84. The molecule has 2 aromatic heterocycles. The molecule has 1 fully saturated rings. The molecule has 33 heavy (non-hydrogen) atoms. The number of carbonyl (C=O) groups is 3. The summed E-state index contributed by atoms with van der Waals surface area (Å²) in [6.07, 6.45) is 3.42. The molecule has 0 spiro atoms. The summed E-state index contributed by atoms with van der Waals surface area (Å²) < 4.78 is 4.22. The van der Waals surface area contributed by atoms with E-state index in [9.17, 15) is 24.7 Å². The third-order valence-corrected chi connectivity index (χ3v) is 8.00. The third-order valence-electron chi connectivity index (χ3n) is 4.88. The number of anilines is 1. The van der Waals surface area contributed by atoms with Crippen molar-refractivity contribution < 1.29 is 24.7 Å². The lowest BCUT2D eigenvalue weighted by atomic mass is 10.0. The number of carboxylic acids is 1. The van der Waals surface area contributed by atoms with Crippen molar-refractivity contribution in [2.24, 2.45) is 5.16 Å². The van der Waals surface area contributed by atoms with E-state index in [2.05, 4.69) is 19.8 Å². The van der Waals surface area contributed by atoms with Gasteiger partial charge < -0.3 is 21.4 Å². The van der Waals surface area contributed by atoms with E-state index in [0.717, 1.165) is 27.5 Å². The fourth-order valence-corrected chi connectivity index (χ4v) is 6.22. The predicted molar refractivity (Wildman–Crippen MR) is 125 cm³/mol. The van der Waals surface area contributed by atoms with Crippen LogP contribution in [0.3, 0.4) is 0 Å². The van der Waals surface area contributed by atoms with Crippen molar-refractivity contribution in [3.05, 3.63) is 44.0 Å². The number of thioether (sulfide) groups is 1. The second-order valence-corrected chi connectivity index (χ2v) is 10.2. The van der Waals surface area contributed by atoms with Crippen LogP contribution >= 0.6 is 46.2 Å². The van der Waals surface area contributed by atoms with Gasteiger partial charge in [-0.1, -0.05) is 40.2 Å². The maximum absolute atomic E-state index is 12.8. The fraction of sp³-hybridized carbons (Fsp3) is 0.222. The van der Waals surface area contributed by atoms with Crippen LogP contribution in [0.25, 0.3) is 6.08 Å². The number of rotatable bonds is 6. The number of carbonyl (C=O) groups excluding carboxylic acids is 2. The first kappa shape index (κ1) is 23.2. The molecule has 4 heterocycles. The van der Waals surface area contributed by atoms with Crippen LogP contribution in [-0.4, -0.2) is 65.2 Å². The second-order valence-electron chi connectivity index (χ2n) is 6.85. The zero-order chi connectivity index (χ0) is 23.9. The number of carboxylic acid groups (broad SMARTS) is 1.